The fraction of sp³-hybridized carbons (Fsp3) is 0.500. The molecule has 1 aromatic heterocycles. The molecule has 1 fully saturated rings. The van der Waals surface area contributed by atoms with Crippen molar-refractivity contribution in [2.24, 2.45) is 0 Å². The van der Waals surface area contributed by atoms with Gasteiger partial charge in [-0.05, 0) is 0 Å². The van der Waals surface area contributed by atoms with E-state index in [4.69, 9.17) is 27.2 Å². The lowest BCUT2D eigenvalue weighted by atomic mass is 10.0. The highest BCUT2D eigenvalue weighted by Crippen LogP contribution is 2.34. The van der Waals surface area contributed by atoms with Gasteiger partial charge in [0.15, 0.2) is 0 Å². The molecule has 2 rings (SSSR count). The normalized spacial score (nSPS) is 33.0. The minimum absolute atomic E-state index is 0.128. The summed E-state index contributed by atoms with van der Waals surface area (Å²) < 4.78 is 5.78. The molecule has 0 aliphatic carbocycles. The predicted molar refractivity (Wildman–Crippen MR) is 65.5 cm³/mol. The zero-order chi connectivity index (χ0) is 15.1. The number of aromatic nitrogens is 2. The van der Waals surface area contributed by atoms with E-state index in [1.807, 2.05) is 0 Å². The standard InChI is InChI=1S/C10H11ClN4O5/c11-4-1-15(9(19)14-8(4)13)10(3-12)7(18)6(17)5(2-16)20-10/h1,5-7,16-18H,2H2,(H2,13,14,19)/t5-,6-,7-,10-/m1/s1. The highest BCUT2D eigenvalue weighted by molar-refractivity contribution is 6.32. The predicted octanol–water partition coefficient (Wildman–Crippen LogP) is -2.23. The lowest BCUT2D eigenvalue weighted by Gasteiger charge is -2.26. The number of hydrogen-bond acceptors (Lipinski definition) is 8. The SMILES string of the molecule is N#C[C@@]1(n2cc(Cl)c(N)nc2=O)O[C@H](CO)[C@@H](O)[C@H]1O. The third-order valence-corrected chi connectivity index (χ3v) is 3.33. The second-order valence-corrected chi connectivity index (χ2v) is 4.62. The molecule has 1 aliphatic heterocycles. The molecule has 1 aromatic rings. The fourth-order valence-corrected chi connectivity index (χ4v) is 2.12. The van der Waals surface area contributed by atoms with Crippen molar-refractivity contribution in [3.05, 3.63) is 21.7 Å². The third kappa shape index (κ3) is 1.94. The number of nitrogens with zero attached hydrogens (tertiary/aromatic N) is 3. The van der Waals surface area contributed by atoms with Gasteiger partial charge in [0.25, 0.3) is 5.72 Å². The van der Waals surface area contributed by atoms with Crippen molar-refractivity contribution in [1.82, 2.24) is 9.55 Å². The summed E-state index contributed by atoms with van der Waals surface area (Å²) in [6.45, 7) is -0.646. The molecule has 1 saturated heterocycles. The number of nitrogen functional groups attached to an aromatic ring is 1. The number of nitrogens with two attached hydrogens (primary N) is 1. The first-order valence-corrected chi connectivity index (χ1v) is 5.86. The third-order valence-electron chi connectivity index (χ3n) is 3.04. The Morgan fingerprint density at radius 2 is 2.30 bits per heavy atom. The van der Waals surface area contributed by atoms with Crippen LogP contribution < -0.4 is 11.4 Å². The molecular formula is C10H11ClN4O5. The Labute approximate surface area is 117 Å². The van der Waals surface area contributed by atoms with Crippen molar-refractivity contribution in [2.45, 2.75) is 24.0 Å². The maximum atomic E-state index is 11.8. The van der Waals surface area contributed by atoms with Crippen LogP contribution in [0, 0.1) is 11.3 Å². The first-order chi connectivity index (χ1) is 9.37. The molecule has 0 radical (unpaired) electrons. The van der Waals surface area contributed by atoms with Crippen LogP contribution >= 0.6 is 11.6 Å². The maximum absolute atomic E-state index is 11.8. The average Bonchev–Trinajstić information content (AvgIpc) is 2.68. The van der Waals surface area contributed by atoms with Gasteiger partial charge < -0.3 is 25.8 Å². The van der Waals surface area contributed by atoms with Gasteiger partial charge >= 0.3 is 5.69 Å². The van der Waals surface area contributed by atoms with Gasteiger partial charge in [-0.2, -0.15) is 10.2 Å². The van der Waals surface area contributed by atoms with Crippen LogP contribution in [0.2, 0.25) is 5.02 Å². The van der Waals surface area contributed by atoms with Crippen LogP contribution in [-0.2, 0) is 10.5 Å². The second-order valence-electron chi connectivity index (χ2n) is 4.21. The van der Waals surface area contributed by atoms with E-state index in [1.54, 1.807) is 6.07 Å². The monoisotopic (exact) mass is 302 g/mol. The Bertz CT molecular complexity index is 629. The van der Waals surface area contributed by atoms with Crippen LogP contribution in [0.1, 0.15) is 0 Å². The first-order valence-electron chi connectivity index (χ1n) is 5.48. The number of rotatable bonds is 2. The summed E-state index contributed by atoms with van der Waals surface area (Å²) in [6.07, 6.45) is -3.58. The van der Waals surface area contributed by atoms with E-state index in [0.29, 0.717) is 4.57 Å². The minimum atomic E-state index is -2.24. The highest BCUT2D eigenvalue weighted by Gasteiger charge is 2.57. The van der Waals surface area contributed by atoms with E-state index in [-0.39, 0.29) is 10.8 Å². The van der Waals surface area contributed by atoms with E-state index in [2.05, 4.69) is 4.98 Å². The van der Waals surface area contributed by atoms with Crippen molar-refractivity contribution in [1.29, 1.82) is 5.26 Å². The maximum Gasteiger partial charge on any atom is 0.352 e. The molecule has 0 saturated carbocycles. The Hall–Kier alpha value is -1.70. The number of aliphatic hydroxyl groups excluding tert-OH is 3. The molecule has 0 unspecified atom stereocenters. The largest absolute Gasteiger partial charge is 0.394 e. The van der Waals surface area contributed by atoms with E-state index < -0.39 is 36.3 Å². The number of halogens is 1. The summed E-state index contributed by atoms with van der Waals surface area (Å²) in [6, 6.07) is 1.61. The van der Waals surface area contributed by atoms with Crippen molar-refractivity contribution in [2.75, 3.05) is 12.3 Å². The lowest BCUT2D eigenvalue weighted by Crippen LogP contribution is -2.49. The Balaban J connectivity index is 2.62. The van der Waals surface area contributed by atoms with Crippen molar-refractivity contribution >= 4 is 17.4 Å². The summed E-state index contributed by atoms with van der Waals surface area (Å²) in [5.74, 6) is -0.243. The molecule has 0 amide bonds. The van der Waals surface area contributed by atoms with Gasteiger partial charge in [-0.1, -0.05) is 11.6 Å². The molecule has 0 aromatic carbocycles. The molecule has 0 bridgehead atoms. The number of hydrogen-bond donors (Lipinski definition) is 4. The number of aliphatic hydroxyl groups is 3. The summed E-state index contributed by atoms with van der Waals surface area (Å²) >= 11 is 5.73. The lowest BCUT2D eigenvalue weighted by molar-refractivity contribution is -0.109. The topological polar surface area (TPSA) is 155 Å². The van der Waals surface area contributed by atoms with E-state index in [1.165, 1.54) is 0 Å². The van der Waals surface area contributed by atoms with Gasteiger partial charge in [-0.3, -0.25) is 4.57 Å². The average molecular weight is 303 g/mol. The number of ether oxygens (including phenoxy) is 1. The van der Waals surface area contributed by atoms with Gasteiger partial charge in [0.1, 0.15) is 30.2 Å². The van der Waals surface area contributed by atoms with Crippen LogP contribution in [0.5, 0.6) is 0 Å². The molecule has 1 aliphatic rings. The van der Waals surface area contributed by atoms with Gasteiger partial charge in [0.05, 0.1) is 11.6 Å². The summed E-state index contributed by atoms with van der Waals surface area (Å²) in [5, 5.41) is 37.9. The van der Waals surface area contributed by atoms with Crippen molar-refractivity contribution < 1.29 is 20.1 Å². The van der Waals surface area contributed by atoms with Crippen LogP contribution in [0.15, 0.2) is 11.0 Å². The van der Waals surface area contributed by atoms with Gasteiger partial charge in [-0.15, -0.1) is 0 Å². The molecule has 108 valence electrons. The fourth-order valence-electron chi connectivity index (χ4n) is 1.98. The smallest absolute Gasteiger partial charge is 0.352 e. The zero-order valence-corrected chi connectivity index (χ0v) is 10.7. The van der Waals surface area contributed by atoms with E-state index in [9.17, 15) is 20.3 Å². The van der Waals surface area contributed by atoms with Crippen LogP contribution in [0.3, 0.4) is 0 Å². The molecule has 20 heavy (non-hydrogen) atoms. The van der Waals surface area contributed by atoms with Crippen molar-refractivity contribution in [3.8, 4) is 6.07 Å². The molecule has 5 N–H and O–H groups in total. The molecule has 9 nitrogen and oxygen atoms in total. The van der Waals surface area contributed by atoms with E-state index >= 15 is 0 Å². The molecule has 4 atom stereocenters. The Kier molecular flexibility index (Phi) is 3.68. The van der Waals surface area contributed by atoms with Crippen LogP contribution in [0.25, 0.3) is 0 Å². The number of nitriles is 1. The summed E-state index contributed by atoms with van der Waals surface area (Å²) in [4.78, 5) is 15.2. The summed E-state index contributed by atoms with van der Waals surface area (Å²) in [5.41, 5.74) is 2.13. The van der Waals surface area contributed by atoms with Crippen LogP contribution in [-0.4, -0.2) is 49.8 Å². The molecule has 2 heterocycles. The van der Waals surface area contributed by atoms with E-state index in [0.717, 1.165) is 6.20 Å². The Morgan fingerprint density at radius 1 is 1.65 bits per heavy atom. The number of anilines is 1. The minimum Gasteiger partial charge on any atom is -0.394 e. The summed E-state index contributed by atoms with van der Waals surface area (Å²) in [7, 11) is 0. The van der Waals surface area contributed by atoms with Crippen molar-refractivity contribution in [3.63, 3.8) is 0 Å². The zero-order valence-electron chi connectivity index (χ0n) is 9.97. The highest BCUT2D eigenvalue weighted by atomic mass is 35.5. The Morgan fingerprint density at radius 3 is 2.80 bits per heavy atom. The van der Waals surface area contributed by atoms with Gasteiger partial charge in [0, 0.05) is 6.20 Å². The molecular weight excluding hydrogens is 292 g/mol. The van der Waals surface area contributed by atoms with Gasteiger partial charge in [-0.25, -0.2) is 4.79 Å². The molecule has 0 spiro atoms. The second kappa shape index (κ2) is 5.01. The van der Waals surface area contributed by atoms with Crippen LogP contribution in [0.4, 0.5) is 5.82 Å². The van der Waals surface area contributed by atoms with Gasteiger partial charge in [0.2, 0.25) is 0 Å². The quantitative estimate of drug-likeness (QED) is 0.478. The first kappa shape index (κ1) is 14.7. The molecule has 10 heteroatoms.